The van der Waals surface area contributed by atoms with E-state index in [2.05, 4.69) is 18.2 Å². The number of rotatable bonds is 2. The lowest BCUT2D eigenvalue weighted by atomic mass is 9.78. The average molecular weight is 305 g/mol. The molecule has 2 aliphatic rings. The van der Waals surface area contributed by atoms with E-state index in [1.54, 1.807) is 0 Å². The summed E-state index contributed by atoms with van der Waals surface area (Å²) in [4.78, 5) is 17.3. The Balaban J connectivity index is 1.74. The highest BCUT2D eigenvalue weighted by molar-refractivity contribution is 6.11. The summed E-state index contributed by atoms with van der Waals surface area (Å²) in [6.07, 6.45) is 2.30. The monoisotopic (exact) mass is 305 g/mol. The maximum absolute atomic E-state index is 12.4. The van der Waals surface area contributed by atoms with Crippen molar-refractivity contribution in [1.29, 1.82) is 0 Å². The summed E-state index contributed by atoms with van der Waals surface area (Å²) in [6.45, 7) is 1.98. The predicted molar refractivity (Wildman–Crippen MR) is 89.7 cm³/mol. The third kappa shape index (κ3) is 2.46. The maximum Gasteiger partial charge on any atom is 0.332 e. The van der Waals surface area contributed by atoms with Crippen molar-refractivity contribution in [3.05, 3.63) is 71.3 Å². The Labute approximate surface area is 136 Å². The second-order valence-electron chi connectivity index (χ2n) is 6.49. The van der Waals surface area contributed by atoms with Crippen molar-refractivity contribution in [1.82, 2.24) is 0 Å². The Kier molecular flexibility index (Phi) is 3.29. The van der Waals surface area contributed by atoms with Crippen molar-refractivity contribution in [2.45, 2.75) is 37.8 Å². The van der Waals surface area contributed by atoms with Crippen molar-refractivity contribution in [3.8, 4) is 0 Å². The number of hydrogen-bond donors (Lipinski definition) is 0. The topological polar surface area (TPSA) is 38.7 Å². The number of aryl methyl sites for hydroxylation is 1. The number of nitrogens with zero attached hydrogens (tertiary/aromatic N) is 1. The number of ether oxygens (including phenoxy) is 1. The van der Waals surface area contributed by atoms with Crippen LogP contribution in [0.1, 0.15) is 30.0 Å². The first kappa shape index (κ1) is 14.2. The Bertz CT molecular complexity index is 781. The van der Waals surface area contributed by atoms with E-state index in [4.69, 9.17) is 9.73 Å². The van der Waals surface area contributed by atoms with Crippen LogP contribution in [-0.4, -0.2) is 23.3 Å². The van der Waals surface area contributed by atoms with E-state index in [1.165, 1.54) is 5.56 Å². The lowest BCUT2D eigenvalue weighted by Crippen LogP contribution is -2.51. The fraction of sp³-hybridized carbons (Fsp3) is 0.300. The molecule has 2 aromatic rings. The molecule has 0 spiro atoms. The van der Waals surface area contributed by atoms with Gasteiger partial charge >= 0.3 is 5.97 Å². The predicted octanol–water partition coefficient (Wildman–Crippen LogP) is 3.35. The largest absolute Gasteiger partial charge is 0.451 e. The maximum atomic E-state index is 12.4. The third-order valence-corrected chi connectivity index (χ3v) is 4.80. The van der Waals surface area contributed by atoms with E-state index >= 15 is 0 Å². The summed E-state index contributed by atoms with van der Waals surface area (Å²) >= 11 is 0. The summed E-state index contributed by atoms with van der Waals surface area (Å²) in [5.41, 5.74) is 3.87. The minimum absolute atomic E-state index is 0.209. The van der Waals surface area contributed by atoms with Gasteiger partial charge in [-0.15, -0.1) is 0 Å². The zero-order valence-corrected chi connectivity index (χ0v) is 13.2. The van der Waals surface area contributed by atoms with Gasteiger partial charge in [0.05, 0.1) is 5.71 Å². The number of benzene rings is 2. The van der Waals surface area contributed by atoms with E-state index in [9.17, 15) is 4.79 Å². The van der Waals surface area contributed by atoms with Crippen molar-refractivity contribution < 1.29 is 9.53 Å². The van der Waals surface area contributed by atoms with Gasteiger partial charge in [0.1, 0.15) is 0 Å². The van der Waals surface area contributed by atoms with Crippen LogP contribution >= 0.6 is 0 Å². The molecule has 0 saturated carbocycles. The standard InChI is InChI=1S/C20H19NO2/c1-20-12-11-15-9-5-6-10-16(15)18(20)21-17(19(22)23-20)13-14-7-3-2-4-8-14/h2-10,17H,11-13H2,1H3/t17-,20+/m1/s1. The molecule has 0 radical (unpaired) electrons. The molecule has 2 atom stereocenters. The number of fused-ring (bicyclic) bond motifs is 3. The Morgan fingerprint density at radius 3 is 2.70 bits per heavy atom. The van der Waals surface area contributed by atoms with Crippen LogP contribution < -0.4 is 0 Å². The van der Waals surface area contributed by atoms with E-state index in [0.29, 0.717) is 6.42 Å². The molecule has 0 bridgehead atoms. The molecule has 0 fully saturated rings. The minimum Gasteiger partial charge on any atom is -0.451 e. The van der Waals surface area contributed by atoms with Crippen LogP contribution in [0.3, 0.4) is 0 Å². The van der Waals surface area contributed by atoms with Crippen LogP contribution in [0.2, 0.25) is 0 Å². The average Bonchev–Trinajstić information content (AvgIpc) is 2.57. The molecule has 3 heteroatoms. The molecule has 3 nitrogen and oxygen atoms in total. The summed E-state index contributed by atoms with van der Waals surface area (Å²) in [6, 6.07) is 17.8. The van der Waals surface area contributed by atoms with Gasteiger partial charge in [0.2, 0.25) is 0 Å². The zero-order chi connectivity index (χ0) is 15.9. The molecule has 2 aromatic carbocycles. The molecule has 116 valence electrons. The van der Waals surface area contributed by atoms with Gasteiger partial charge in [-0.1, -0.05) is 54.6 Å². The molecule has 0 N–H and O–H groups in total. The molecule has 1 aliphatic carbocycles. The summed E-state index contributed by atoms with van der Waals surface area (Å²) in [5, 5.41) is 0. The number of carbonyl (C=O) groups is 1. The Morgan fingerprint density at radius 2 is 1.87 bits per heavy atom. The molecule has 23 heavy (non-hydrogen) atoms. The zero-order valence-electron chi connectivity index (χ0n) is 13.2. The van der Waals surface area contributed by atoms with Crippen molar-refractivity contribution in [2.24, 2.45) is 4.99 Å². The molecular formula is C20H19NO2. The number of hydrogen-bond acceptors (Lipinski definition) is 3. The van der Waals surface area contributed by atoms with Crippen LogP contribution in [0, 0.1) is 0 Å². The quantitative estimate of drug-likeness (QED) is 0.798. The van der Waals surface area contributed by atoms with Gasteiger partial charge in [0, 0.05) is 12.0 Å². The van der Waals surface area contributed by atoms with Crippen molar-refractivity contribution in [2.75, 3.05) is 0 Å². The van der Waals surface area contributed by atoms with Gasteiger partial charge in [-0.05, 0) is 30.9 Å². The first-order valence-electron chi connectivity index (χ1n) is 8.09. The molecule has 0 saturated heterocycles. The Hall–Kier alpha value is -2.42. The fourth-order valence-corrected chi connectivity index (χ4v) is 3.52. The van der Waals surface area contributed by atoms with Gasteiger partial charge in [0.15, 0.2) is 11.6 Å². The van der Waals surface area contributed by atoms with Crippen LogP contribution in [-0.2, 0) is 22.4 Å². The molecule has 4 rings (SSSR count). The molecule has 0 amide bonds. The summed E-state index contributed by atoms with van der Waals surface area (Å²) < 4.78 is 5.85. The van der Waals surface area contributed by atoms with Gasteiger partial charge in [0.25, 0.3) is 0 Å². The number of esters is 1. The Morgan fingerprint density at radius 1 is 1.13 bits per heavy atom. The van der Waals surface area contributed by atoms with Crippen LogP contribution in [0.5, 0.6) is 0 Å². The first-order chi connectivity index (χ1) is 11.2. The second kappa shape index (κ2) is 5.34. The lowest BCUT2D eigenvalue weighted by molar-refractivity contribution is -0.156. The van der Waals surface area contributed by atoms with Gasteiger partial charge in [-0.3, -0.25) is 4.99 Å². The van der Waals surface area contributed by atoms with E-state index < -0.39 is 11.6 Å². The smallest absolute Gasteiger partial charge is 0.332 e. The molecule has 1 aliphatic heterocycles. The number of carbonyl (C=O) groups excluding carboxylic acids is 1. The van der Waals surface area contributed by atoms with Gasteiger partial charge in [-0.25, -0.2) is 4.79 Å². The fourth-order valence-electron chi connectivity index (χ4n) is 3.52. The van der Waals surface area contributed by atoms with E-state index in [-0.39, 0.29) is 5.97 Å². The van der Waals surface area contributed by atoms with E-state index in [1.807, 2.05) is 43.3 Å². The molecule has 0 unspecified atom stereocenters. The minimum atomic E-state index is -0.585. The molecule has 0 aromatic heterocycles. The first-order valence-corrected chi connectivity index (χ1v) is 8.09. The van der Waals surface area contributed by atoms with Gasteiger partial charge in [-0.2, -0.15) is 0 Å². The number of aliphatic imine (C=N–C) groups is 1. The highest BCUT2D eigenvalue weighted by Gasteiger charge is 2.45. The van der Waals surface area contributed by atoms with Crippen LogP contribution in [0.4, 0.5) is 0 Å². The molecular weight excluding hydrogens is 286 g/mol. The van der Waals surface area contributed by atoms with E-state index in [0.717, 1.165) is 29.7 Å². The molecule has 1 heterocycles. The third-order valence-electron chi connectivity index (χ3n) is 4.80. The second-order valence-corrected chi connectivity index (χ2v) is 6.49. The SMILES string of the molecule is C[C@]12CCc3ccccc3C1=N[C@H](Cc1ccccc1)C(=O)O2. The highest BCUT2D eigenvalue weighted by Crippen LogP contribution is 2.35. The van der Waals surface area contributed by atoms with Crippen LogP contribution in [0.25, 0.3) is 0 Å². The normalized spacial score (nSPS) is 25.9. The summed E-state index contributed by atoms with van der Waals surface area (Å²) in [5.74, 6) is -0.209. The van der Waals surface area contributed by atoms with Crippen LogP contribution in [0.15, 0.2) is 59.6 Å². The highest BCUT2D eigenvalue weighted by atomic mass is 16.6. The summed E-state index contributed by atoms with van der Waals surface area (Å²) in [7, 11) is 0. The van der Waals surface area contributed by atoms with Crippen molar-refractivity contribution in [3.63, 3.8) is 0 Å². The lowest BCUT2D eigenvalue weighted by Gasteiger charge is -2.40. The van der Waals surface area contributed by atoms with Crippen molar-refractivity contribution >= 4 is 11.7 Å². The van der Waals surface area contributed by atoms with Gasteiger partial charge < -0.3 is 4.74 Å².